The van der Waals surface area contributed by atoms with Crippen molar-refractivity contribution in [3.05, 3.63) is 54.1 Å². The first-order valence-corrected chi connectivity index (χ1v) is 9.31. The number of benzene rings is 2. The van der Waals surface area contributed by atoms with Crippen LogP contribution in [0.5, 0.6) is 0 Å². The molecule has 2 rings (SSSR count). The van der Waals surface area contributed by atoms with Gasteiger partial charge in [0.25, 0.3) is 0 Å². The zero-order valence-corrected chi connectivity index (χ0v) is 15.2. The predicted molar refractivity (Wildman–Crippen MR) is 95.6 cm³/mol. The van der Waals surface area contributed by atoms with Gasteiger partial charge in [-0.3, -0.25) is 0 Å². The molecule has 0 heterocycles. The first-order chi connectivity index (χ1) is 12.1. The van der Waals surface area contributed by atoms with Crippen LogP contribution in [0.2, 0.25) is 0 Å². The van der Waals surface area contributed by atoms with Gasteiger partial charge in [-0.05, 0) is 11.1 Å². The van der Waals surface area contributed by atoms with Crippen molar-refractivity contribution in [2.75, 3.05) is 34.2 Å². The van der Waals surface area contributed by atoms with E-state index in [1.54, 1.807) is 19.2 Å². The Balaban J connectivity index is 2.36. The molecule has 2 aromatic rings. The Morgan fingerprint density at radius 2 is 1.68 bits per heavy atom. The lowest BCUT2D eigenvalue weighted by molar-refractivity contribution is 0.0687. The Bertz CT molecular complexity index is 762. The number of hydrogen-bond donors (Lipinski definition) is 1. The molecular formula is C18H23NO5S. The Kier molecular flexibility index (Phi) is 7.54. The summed E-state index contributed by atoms with van der Waals surface area (Å²) < 4.78 is 43.5. The minimum atomic E-state index is -3.77. The molecule has 0 atom stereocenters. The highest BCUT2D eigenvalue weighted by Crippen LogP contribution is 2.30. The maximum Gasteiger partial charge on any atom is 0.243 e. The summed E-state index contributed by atoms with van der Waals surface area (Å²) >= 11 is 0. The largest absolute Gasteiger partial charge is 0.382 e. The molecule has 0 radical (unpaired) electrons. The van der Waals surface area contributed by atoms with Gasteiger partial charge in [0, 0.05) is 19.8 Å². The molecule has 7 heteroatoms. The number of hydrogen-bond acceptors (Lipinski definition) is 5. The second kappa shape index (κ2) is 9.65. The molecule has 0 aliphatic rings. The van der Waals surface area contributed by atoms with Crippen LogP contribution >= 0.6 is 0 Å². The fourth-order valence-electron chi connectivity index (χ4n) is 2.42. The normalized spacial score (nSPS) is 11.6. The van der Waals surface area contributed by atoms with Crippen LogP contribution in [0, 0.1) is 0 Å². The standard InChI is InChI=1S/C18H23NO5S/c1-22-11-12-24-14-19-25(20,21)18-16(13-23-2)9-6-10-17(18)15-7-4-3-5-8-15/h3-10,19H,11-14H2,1-2H3. The third-order valence-electron chi connectivity index (χ3n) is 3.53. The van der Waals surface area contributed by atoms with Gasteiger partial charge in [-0.1, -0.05) is 48.5 Å². The van der Waals surface area contributed by atoms with Gasteiger partial charge in [-0.15, -0.1) is 0 Å². The summed E-state index contributed by atoms with van der Waals surface area (Å²) in [6.07, 6.45) is 0. The highest BCUT2D eigenvalue weighted by Gasteiger charge is 2.23. The van der Waals surface area contributed by atoms with Gasteiger partial charge in [0.15, 0.2) is 0 Å². The third-order valence-corrected chi connectivity index (χ3v) is 5.05. The van der Waals surface area contributed by atoms with Gasteiger partial charge in [-0.2, -0.15) is 4.72 Å². The summed E-state index contributed by atoms with van der Waals surface area (Å²) in [5, 5.41) is 0. The van der Waals surface area contributed by atoms with E-state index in [0.29, 0.717) is 24.3 Å². The summed E-state index contributed by atoms with van der Waals surface area (Å²) in [5.41, 5.74) is 2.04. The zero-order valence-electron chi connectivity index (χ0n) is 14.4. The van der Waals surface area contributed by atoms with Crippen molar-refractivity contribution in [1.29, 1.82) is 0 Å². The molecule has 0 saturated carbocycles. The van der Waals surface area contributed by atoms with Crippen molar-refractivity contribution >= 4 is 10.0 Å². The molecule has 0 bridgehead atoms. The monoisotopic (exact) mass is 365 g/mol. The van der Waals surface area contributed by atoms with Crippen LogP contribution in [0.15, 0.2) is 53.4 Å². The molecule has 0 aliphatic heterocycles. The van der Waals surface area contributed by atoms with Crippen LogP contribution in [-0.4, -0.2) is 42.6 Å². The highest BCUT2D eigenvalue weighted by molar-refractivity contribution is 7.89. The SMILES string of the molecule is COCCOCNS(=O)(=O)c1c(COC)cccc1-c1ccccc1. The van der Waals surface area contributed by atoms with Gasteiger partial charge in [0.05, 0.1) is 24.7 Å². The fraction of sp³-hybridized carbons (Fsp3) is 0.333. The molecule has 0 aliphatic carbocycles. The number of methoxy groups -OCH3 is 2. The molecule has 136 valence electrons. The van der Waals surface area contributed by atoms with E-state index < -0.39 is 10.0 Å². The van der Waals surface area contributed by atoms with E-state index in [-0.39, 0.29) is 18.2 Å². The molecular weight excluding hydrogens is 342 g/mol. The van der Waals surface area contributed by atoms with E-state index in [1.165, 1.54) is 7.11 Å². The summed E-state index contributed by atoms with van der Waals surface area (Å²) in [4.78, 5) is 0.207. The Morgan fingerprint density at radius 1 is 0.920 bits per heavy atom. The lowest BCUT2D eigenvalue weighted by Gasteiger charge is -2.16. The topological polar surface area (TPSA) is 73.9 Å². The zero-order chi connectivity index (χ0) is 18.1. The van der Waals surface area contributed by atoms with Gasteiger partial charge in [-0.25, -0.2) is 8.42 Å². The second-order valence-electron chi connectivity index (χ2n) is 5.29. The minimum Gasteiger partial charge on any atom is -0.382 e. The molecule has 0 saturated heterocycles. The average molecular weight is 365 g/mol. The number of ether oxygens (including phenoxy) is 3. The maximum atomic E-state index is 12.9. The van der Waals surface area contributed by atoms with Crippen LogP contribution < -0.4 is 4.72 Å². The molecule has 0 spiro atoms. The molecule has 1 N–H and O–H groups in total. The molecule has 0 amide bonds. The third kappa shape index (κ3) is 5.35. The second-order valence-corrected chi connectivity index (χ2v) is 6.99. The lowest BCUT2D eigenvalue weighted by atomic mass is 10.0. The van der Waals surface area contributed by atoms with E-state index in [2.05, 4.69) is 4.72 Å². The first kappa shape index (κ1) is 19.6. The average Bonchev–Trinajstić information content (AvgIpc) is 2.62. The molecule has 2 aromatic carbocycles. The fourth-order valence-corrected chi connectivity index (χ4v) is 3.75. The van der Waals surface area contributed by atoms with Crippen LogP contribution in [0.3, 0.4) is 0 Å². The van der Waals surface area contributed by atoms with Gasteiger partial charge in [0.2, 0.25) is 10.0 Å². The molecule has 25 heavy (non-hydrogen) atoms. The maximum absolute atomic E-state index is 12.9. The first-order valence-electron chi connectivity index (χ1n) is 7.82. The van der Waals surface area contributed by atoms with E-state index in [0.717, 1.165) is 5.56 Å². The Hall–Kier alpha value is -1.77. The van der Waals surface area contributed by atoms with Crippen molar-refractivity contribution in [1.82, 2.24) is 4.72 Å². The van der Waals surface area contributed by atoms with Crippen LogP contribution in [0.25, 0.3) is 11.1 Å². The highest BCUT2D eigenvalue weighted by atomic mass is 32.2. The minimum absolute atomic E-state index is 0.124. The van der Waals surface area contributed by atoms with Crippen molar-refractivity contribution in [2.45, 2.75) is 11.5 Å². The molecule has 6 nitrogen and oxygen atoms in total. The smallest absolute Gasteiger partial charge is 0.243 e. The Labute approximate surface area is 148 Å². The quantitative estimate of drug-likeness (QED) is 0.517. The van der Waals surface area contributed by atoms with Crippen molar-refractivity contribution in [2.24, 2.45) is 0 Å². The van der Waals surface area contributed by atoms with Crippen LogP contribution in [0.1, 0.15) is 5.56 Å². The van der Waals surface area contributed by atoms with Crippen molar-refractivity contribution < 1.29 is 22.6 Å². The van der Waals surface area contributed by atoms with Crippen LogP contribution in [0.4, 0.5) is 0 Å². The summed E-state index contributed by atoms with van der Waals surface area (Å²) in [7, 11) is -0.684. The molecule has 0 unspecified atom stereocenters. The van der Waals surface area contributed by atoms with Crippen LogP contribution in [-0.2, 0) is 30.8 Å². The van der Waals surface area contributed by atoms with E-state index in [1.807, 2.05) is 36.4 Å². The molecule has 0 fully saturated rings. The number of rotatable bonds is 10. The van der Waals surface area contributed by atoms with Gasteiger partial charge >= 0.3 is 0 Å². The van der Waals surface area contributed by atoms with Gasteiger partial charge in [0.1, 0.15) is 6.73 Å². The van der Waals surface area contributed by atoms with E-state index >= 15 is 0 Å². The van der Waals surface area contributed by atoms with Crippen molar-refractivity contribution in [3.8, 4) is 11.1 Å². The summed E-state index contributed by atoms with van der Waals surface area (Å²) in [6.45, 7) is 0.782. The lowest BCUT2D eigenvalue weighted by Crippen LogP contribution is -2.28. The number of nitrogens with one attached hydrogen (secondary N) is 1. The van der Waals surface area contributed by atoms with E-state index in [9.17, 15) is 8.42 Å². The summed E-state index contributed by atoms with van der Waals surface area (Å²) in [5.74, 6) is 0. The summed E-state index contributed by atoms with van der Waals surface area (Å²) in [6, 6.07) is 14.7. The van der Waals surface area contributed by atoms with E-state index in [4.69, 9.17) is 14.2 Å². The van der Waals surface area contributed by atoms with Crippen molar-refractivity contribution in [3.63, 3.8) is 0 Å². The number of sulfonamides is 1. The molecule has 0 aromatic heterocycles. The van der Waals surface area contributed by atoms with Gasteiger partial charge < -0.3 is 14.2 Å². The Morgan fingerprint density at radius 3 is 2.36 bits per heavy atom. The predicted octanol–water partition coefficient (Wildman–Crippen LogP) is 2.40.